The van der Waals surface area contributed by atoms with Crippen molar-refractivity contribution in [3.05, 3.63) is 76.9 Å². The highest BCUT2D eigenvalue weighted by molar-refractivity contribution is 6.04. The molecule has 0 unspecified atom stereocenters. The number of Topliss-reactive ketones (excluding diaryl/α,β-unsaturated/α-hetero) is 1. The van der Waals surface area contributed by atoms with E-state index in [4.69, 9.17) is 4.74 Å². The number of carbonyl (C=O) groups excluding carboxylic acids is 2. The molecule has 0 aliphatic carbocycles. The summed E-state index contributed by atoms with van der Waals surface area (Å²) in [4.78, 5) is 29.9. The summed E-state index contributed by atoms with van der Waals surface area (Å²) in [5, 5.41) is 0. The summed E-state index contributed by atoms with van der Waals surface area (Å²) in [6, 6.07) is 17.9. The van der Waals surface area contributed by atoms with Crippen LogP contribution in [0.15, 0.2) is 60.2 Å². The zero-order chi connectivity index (χ0) is 21.8. The number of morpholine rings is 1. The van der Waals surface area contributed by atoms with E-state index < -0.39 is 5.41 Å². The first-order valence-corrected chi connectivity index (χ1v) is 10.9. The largest absolute Gasteiger partial charge is 0.378 e. The van der Waals surface area contributed by atoms with Crippen molar-refractivity contribution < 1.29 is 14.3 Å². The van der Waals surface area contributed by atoms with E-state index in [-0.39, 0.29) is 11.7 Å². The van der Waals surface area contributed by atoms with E-state index in [0.717, 1.165) is 24.2 Å². The Balaban J connectivity index is 1.50. The first kappa shape index (κ1) is 21.5. The zero-order valence-corrected chi connectivity index (χ0v) is 18.3. The fourth-order valence-corrected chi connectivity index (χ4v) is 4.37. The maximum atomic E-state index is 13.1. The van der Waals surface area contributed by atoms with Crippen LogP contribution in [0.3, 0.4) is 0 Å². The number of piperidine rings is 1. The molecule has 2 aliphatic rings. The molecule has 2 heterocycles. The van der Waals surface area contributed by atoms with Gasteiger partial charge in [0.05, 0.1) is 13.2 Å². The van der Waals surface area contributed by atoms with Crippen LogP contribution in [-0.2, 0) is 16.1 Å². The lowest BCUT2D eigenvalue weighted by Gasteiger charge is -2.38. The topological polar surface area (TPSA) is 49.9 Å². The van der Waals surface area contributed by atoms with Crippen LogP contribution in [0, 0.1) is 5.41 Å². The van der Waals surface area contributed by atoms with E-state index in [0.29, 0.717) is 38.4 Å². The molecule has 2 aliphatic heterocycles. The summed E-state index contributed by atoms with van der Waals surface area (Å²) in [5.41, 5.74) is 3.26. The van der Waals surface area contributed by atoms with Gasteiger partial charge in [-0.05, 0) is 29.3 Å². The molecule has 5 nitrogen and oxygen atoms in total. The fourth-order valence-electron chi connectivity index (χ4n) is 4.37. The van der Waals surface area contributed by atoms with Gasteiger partial charge >= 0.3 is 0 Å². The predicted molar refractivity (Wildman–Crippen MR) is 122 cm³/mol. The Bertz CT molecular complexity index is 958. The summed E-state index contributed by atoms with van der Waals surface area (Å²) in [6.07, 6.45) is 1.98. The molecular formula is C26H30N2O3. The molecule has 2 aromatic rings. The van der Waals surface area contributed by atoms with Crippen LogP contribution in [0.4, 0.5) is 0 Å². The van der Waals surface area contributed by atoms with Crippen molar-refractivity contribution in [2.24, 2.45) is 5.41 Å². The van der Waals surface area contributed by atoms with Gasteiger partial charge in [-0.2, -0.15) is 0 Å². The minimum absolute atomic E-state index is 0.0337. The minimum atomic E-state index is -0.425. The summed E-state index contributed by atoms with van der Waals surface area (Å²) >= 11 is 0. The number of likely N-dealkylation sites (tertiary alicyclic amines) is 1. The lowest BCUT2D eigenvalue weighted by atomic mass is 9.79. The molecule has 2 fully saturated rings. The second-order valence-electron chi connectivity index (χ2n) is 9.04. The Hall–Kier alpha value is -2.76. The standard InChI is InChI=1S/C26H30N2O3/c1-26(2)19-27(17-21-6-4-3-5-7-21)18-23(24(26)29)16-20-8-10-22(11-9-20)25(30)28-12-14-31-15-13-28/h3-11,16H,12-15,17-19H2,1-2H3. The van der Waals surface area contributed by atoms with Crippen molar-refractivity contribution in [1.82, 2.24) is 9.80 Å². The van der Waals surface area contributed by atoms with Crippen molar-refractivity contribution >= 4 is 17.8 Å². The minimum Gasteiger partial charge on any atom is -0.378 e. The van der Waals surface area contributed by atoms with Gasteiger partial charge in [-0.1, -0.05) is 56.3 Å². The third kappa shape index (κ3) is 5.12. The second-order valence-corrected chi connectivity index (χ2v) is 9.04. The van der Waals surface area contributed by atoms with Gasteiger partial charge in [-0.3, -0.25) is 14.5 Å². The number of amides is 1. The summed E-state index contributed by atoms with van der Waals surface area (Å²) in [5.74, 6) is 0.233. The third-order valence-electron chi connectivity index (χ3n) is 5.97. The Labute approximate surface area is 184 Å². The Morgan fingerprint density at radius 1 is 1.03 bits per heavy atom. The summed E-state index contributed by atoms with van der Waals surface area (Å²) < 4.78 is 5.32. The van der Waals surface area contributed by atoms with Gasteiger partial charge in [0.15, 0.2) is 5.78 Å². The number of nitrogens with zero attached hydrogens (tertiary/aromatic N) is 2. The Morgan fingerprint density at radius 3 is 2.39 bits per heavy atom. The van der Waals surface area contributed by atoms with Crippen LogP contribution in [0.2, 0.25) is 0 Å². The predicted octanol–water partition coefficient (Wildman–Crippen LogP) is 3.65. The maximum Gasteiger partial charge on any atom is 0.254 e. The van der Waals surface area contributed by atoms with E-state index in [2.05, 4.69) is 17.0 Å². The molecule has 0 saturated carbocycles. The second kappa shape index (κ2) is 9.16. The molecule has 162 valence electrons. The van der Waals surface area contributed by atoms with Gasteiger partial charge in [0, 0.05) is 49.3 Å². The molecule has 1 amide bonds. The third-order valence-corrected chi connectivity index (χ3v) is 5.97. The van der Waals surface area contributed by atoms with Crippen molar-refractivity contribution in [3.8, 4) is 0 Å². The molecule has 0 radical (unpaired) electrons. The van der Waals surface area contributed by atoms with Crippen LogP contribution in [0.25, 0.3) is 6.08 Å². The Morgan fingerprint density at radius 2 is 1.71 bits per heavy atom. The molecule has 31 heavy (non-hydrogen) atoms. The van der Waals surface area contributed by atoms with Crippen molar-refractivity contribution in [2.45, 2.75) is 20.4 Å². The van der Waals surface area contributed by atoms with Crippen LogP contribution in [0.1, 0.15) is 35.3 Å². The van der Waals surface area contributed by atoms with Crippen LogP contribution >= 0.6 is 0 Å². The number of ether oxygens (including phenoxy) is 1. The van der Waals surface area contributed by atoms with Gasteiger partial charge in [0.1, 0.15) is 0 Å². The highest BCUT2D eigenvalue weighted by atomic mass is 16.5. The molecule has 5 heteroatoms. The quantitative estimate of drug-likeness (QED) is 0.711. The van der Waals surface area contributed by atoms with E-state index in [9.17, 15) is 9.59 Å². The van der Waals surface area contributed by atoms with Crippen LogP contribution < -0.4 is 0 Å². The van der Waals surface area contributed by atoms with Gasteiger partial charge in [0.25, 0.3) is 5.91 Å². The van der Waals surface area contributed by atoms with Crippen LogP contribution in [0.5, 0.6) is 0 Å². The lowest BCUT2D eigenvalue weighted by Crippen LogP contribution is -2.47. The highest BCUT2D eigenvalue weighted by Crippen LogP contribution is 2.30. The molecular weight excluding hydrogens is 388 g/mol. The number of carbonyl (C=O) groups is 2. The first-order valence-electron chi connectivity index (χ1n) is 10.9. The monoisotopic (exact) mass is 418 g/mol. The average molecular weight is 419 g/mol. The lowest BCUT2D eigenvalue weighted by molar-refractivity contribution is -0.126. The first-order chi connectivity index (χ1) is 14.9. The number of ketones is 1. The van der Waals surface area contributed by atoms with E-state index in [1.165, 1.54) is 5.56 Å². The molecule has 0 N–H and O–H groups in total. The fraction of sp³-hybridized carbons (Fsp3) is 0.385. The number of rotatable bonds is 4. The molecule has 0 spiro atoms. The number of hydrogen-bond donors (Lipinski definition) is 0. The van der Waals surface area contributed by atoms with Crippen molar-refractivity contribution in [1.29, 1.82) is 0 Å². The molecule has 2 saturated heterocycles. The summed E-state index contributed by atoms with van der Waals surface area (Å²) in [6.45, 7) is 8.67. The SMILES string of the molecule is CC1(C)CN(Cc2ccccc2)CC(=Cc2ccc(C(=O)N3CCOCC3)cc2)C1=O. The molecule has 0 bridgehead atoms. The van der Waals surface area contributed by atoms with Gasteiger partial charge in [-0.25, -0.2) is 0 Å². The van der Waals surface area contributed by atoms with E-state index in [1.54, 1.807) is 0 Å². The zero-order valence-electron chi connectivity index (χ0n) is 18.3. The van der Waals surface area contributed by atoms with Crippen molar-refractivity contribution in [2.75, 3.05) is 39.4 Å². The van der Waals surface area contributed by atoms with Gasteiger partial charge < -0.3 is 9.64 Å². The maximum absolute atomic E-state index is 13.1. The van der Waals surface area contributed by atoms with E-state index in [1.807, 2.05) is 67.3 Å². The molecule has 2 aromatic carbocycles. The van der Waals surface area contributed by atoms with Gasteiger partial charge in [0.2, 0.25) is 0 Å². The van der Waals surface area contributed by atoms with Gasteiger partial charge in [-0.15, -0.1) is 0 Å². The normalized spacial score (nSPS) is 20.8. The van der Waals surface area contributed by atoms with Crippen LogP contribution in [-0.4, -0.2) is 60.9 Å². The number of benzene rings is 2. The molecule has 4 rings (SSSR count). The van der Waals surface area contributed by atoms with E-state index >= 15 is 0 Å². The average Bonchev–Trinajstić information content (AvgIpc) is 2.78. The van der Waals surface area contributed by atoms with Crippen molar-refractivity contribution in [3.63, 3.8) is 0 Å². The number of hydrogen-bond acceptors (Lipinski definition) is 4. The smallest absolute Gasteiger partial charge is 0.254 e. The highest BCUT2D eigenvalue weighted by Gasteiger charge is 2.37. The Kier molecular flexibility index (Phi) is 6.35. The molecule has 0 atom stereocenters. The summed E-state index contributed by atoms with van der Waals surface area (Å²) in [7, 11) is 0. The molecule has 0 aromatic heterocycles.